The summed E-state index contributed by atoms with van der Waals surface area (Å²) in [6.07, 6.45) is 1.99. The van der Waals surface area contributed by atoms with E-state index in [1.165, 1.54) is 23.6 Å². The van der Waals surface area contributed by atoms with Gasteiger partial charge in [-0.2, -0.15) is 11.8 Å². The van der Waals surface area contributed by atoms with E-state index in [4.69, 9.17) is 0 Å². The molecule has 0 unspecified atom stereocenters. The van der Waals surface area contributed by atoms with Gasteiger partial charge in [0.15, 0.2) is 0 Å². The number of nitrogens with zero attached hydrogens (tertiary/aromatic N) is 2. The van der Waals surface area contributed by atoms with E-state index in [0.29, 0.717) is 11.6 Å². The van der Waals surface area contributed by atoms with Crippen molar-refractivity contribution in [1.29, 1.82) is 0 Å². The van der Waals surface area contributed by atoms with E-state index in [0.717, 1.165) is 45.1 Å². The van der Waals surface area contributed by atoms with E-state index < -0.39 is 11.6 Å². The van der Waals surface area contributed by atoms with Gasteiger partial charge in [-0.1, -0.05) is 0 Å². The first-order chi connectivity index (χ1) is 11.6. The minimum Gasteiger partial charge on any atom is -0.334 e. The number of amides is 2. The van der Waals surface area contributed by atoms with E-state index in [9.17, 15) is 13.6 Å². The zero-order valence-corrected chi connectivity index (χ0v) is 14.5. The number of thioether (sulfide) groups is 1. The SMILES string of the molecule is O=C(NCc1cc(F)cc(F)c1)N1CCC(N2CCSCC2)CC1. The van der Waals surface area contributed by atoms with Gasteiger partial charge in [0.05, 0.1) is 0 Å². The Hall–Kier alpha value is -1.34. The lowest BCUT2D eigenvalue weighted by molar-refractivity contribution is 0.124. The number of urea groups is 1. The molecule has 24 heavy (non-hydrogen) atoms. The van der Waals surface area contributed by atoms with E-state index in [2.05, 4.69) is 10.2 Å². The Labute approximate surface area is 145 Å². The Balaban J connectivity index is 1.44. The summed E-state index contributed by atoms with van der Waals surface area (Å²) in [4.78, 5) is 16.6. The van der Waals surface area contributed by atoms with Gasteiger partial charge < -0.3 is 10.2 Å². The van der Waals surface area contributed by atoms with Crippen LogP contribution >= 0.6 is 11.8 Å². The van der Waals surface area contributed by atoms with Gasteiger partial charge in [-0.3, -0.25) is 4.90 Å². The van der Waals surface area contributed by atoms with Crippen LogP contribution in [-0.2, 0) is 6.54 Å². The summed E-state index contributed by atoms with van der Waals surface area (Å²) in [6, 6.07) is 3.72. The highest BCUT2D eigenvalue weighted by Crippen LogP contribution is 2.20. The van der Waals surface area contributed by atoms with Gasteiger partial charge in [0.1, 0.15) is 11.6 Å². The molecule has 2 fully saturated rings. The van der Waals surface area contributed by atoms with Gasteiger partial charge >= 0.3 is 6.03 Å². The fraction of sp³-hybridized carbons (Fsp3) is 0.588. The summed E-state index contributed by atoms with van der Waals surface area (Å²) in [5.74, 6) is 1.15. The largest absolute Gasteiger partial charge is 0.334 e. The highest BCUT2D eigenvalue weighted by atomic mass is 32.2. The fourth-order valence-electron chi connectivity index (χ4n) is 3.38. The Bertz CT molecular complexity index is 553. The molecule has 7 heteroatoms. The molecule has 0 bridgehead atoms. The Morgan fingerprint density at radius 1 is 1.08 bits per heavy atom. The normalized spacial score (nSPS) is 20.2. The first-order valence-electron chi connectivity index (χ1n) is 8.41. The number of halogens is 2. The number of nitrogens with one attached hydrogen (secondary N) is 1. The second-order valence-electron chi connectivity index (χ2n) is 6.30. The Kier molecular flexibility index (Phi) is 5.94. The first-order valence-corrected chi connectivity index (χ1v) is 9.57. The topological polar surface area (TPSA) is 35.6 Å². The maximum Gasteiger partial charge on any atom is 0.317 e. The molecule has 0 spiro atoms. The number of carbonyl (C=O) groups excluding carboxylic acids is 1. The molecule has 2 amide bonds. The van der Waals surface area contributed by atoms with Crippen molar-refractivity contribution in [3.8, 4) is 0 Å². The number of hydrogen-bond donors (Lipinski definition) is 1. The van der Waals surface area contributed by atoms with Crippen molar-refractivity contribution >= 4 is 17.8 Å². The summed E-state index contributed by atoms with van der Waals surface area (Å²) in [6.45, 7) is 3.89. The van der Waals surface area contributed by atoms with Crippen LogP contribution in [0.5, 0.6) is 0 Å². The summed E-state index contributed by atoms with van der Waals surface area (Å²) >= 11 is 2.00. The fourth-order valence-corrected chi connectivity index (χ4v) is 4.31. The number of rotatable bonds is 3. The van der Waals surface area contributed by atoms with Crippen LogP contribution in [-0.4, -0.2) is 59.6 Å². The van der Waals surface area contributed by atoms with Crippen LogP contribution in [0, 0.1) is 11.6 Å². The number of benzene rings is 1. The van der Waals surface area contributed by atoms with E-state index in [-0.39, 0.29) is 12.6 Å². The molecule has 1 aromatic carbocycles. The van der Waals surface area contributed by atoms with Crippen molar-refractivity contribution in [3.63, 3.8) is 0 Å². The lowest BCUT2D eigenvalue weighted by Gasteiger charge is -2.40. The molecule has 1 N–H and O–H groups in total. The van der Waals surface area contributed by atoms with Crippen LogP contribution in [0.2, 0.25) is 0 Å². The van der Waals surface area contributed by atoms with Gasteiger partial charge in [0.25, 0.3) is 0 Å². The molecule has 0 saturated carbocycles. The van der Waals surface area contributed by atoms with Gasteiger partial charge in [-0.15, -0.1) is 0 Å². The maximum atomic E-state index is 13.2. The van der Waals surface area contributed by atoms with Crippen molar-refractivity contribution in [2.24, 2.45) is 0 Å². The lowest BCUT2D eigenvalue weighted by atomic mass is 10.0. The average molecular weight is 355 g/mol. The number of piperidine rings is 1. The van der Waals surface area contributed by atoms with Gasteiger partial charge in [-0.05, 0) is 30.5 Å². The van der Waals surface area contributed by atoms with Gasteiger partial charge in [0.2, 0.25) is 0 Å². The molecule has 2 heterocycles. The molecular formula is C17H23F2N3OS. The molecule has 4 nitrogen and oxygen atoms in total. The second kappa shape index (κ2) is 8.16. The zero-order valence-electron chi connectivity index (χ0n) is 13.6. The third kappa shape index (κ3) is 4.60. The highest BCUT2D eigenvalue weighted by molar-refractivity contribution is 7.99. The van der Waals surface area contributed by atoms with Gasteiger partial charge in [0, 0.05) is 56.3 Å². The van der Waals surface area contributed by atoms with Crippen LogP contribution in [0.3, 0.4) is 0 Å². The third-order valence-corrected chi connectivity index (χ3v) is 5.62. The summed E-state index contributed by atoms with van der Waals surface area (Å²) in [5, 5.41) is 2.75. The zero-order chi connectivity index (χ0) is 16.9. The van der Waals surface area contributed by atoms with Crippen molar-refractivity contribution in [2.75, 3.05) is 37.7 Å². The number of hydrogen-bond acceptors (Lipinski definition) is 3. The highest BCUT2D eigenvalue weighted by Gasteiger charge is 2.27. The predicted octanol–water partition coefficient (Wildman–Crippen LogP) is 2.69. The third-order valence-electron chi connectivity index (χ3n) is 4.68. The Morgan fingerprint density at radius 3 is 2.33 bits per heavy atom. The second-order valence-corrected chi connectivity index (χ2v) is 7.53. The Morgan fingerprint density at radius 2 is 1.71 bits per heavy atom. The van der Waals surface area contributed by atoms with Crippen molar-refractivity contribution in [2.45, 2.75) is 25.4 Å². The van der Waals surface area contributed by atoms with Gasteiger partial charge in [-0.25, -0.2) is 13.6 Å². The molecule has 2 saturated heterocycles. The standard InChI is InChI=1S/C17H23F2N3OS/c18-14-9-13(10-15(19)11-14)12-20-17(23)22-3-1-16(2-4-22)21-5-7-24-8-6-21/h9-11,16H,1-8,12H2,(H,20,23). The van der Waals surface area contributed by atoms with Crippen LogP contribution in [0.4, 0.5) is 13.6 Å². The summed E-state index contributed by atoms with van der Waals surface area (Å²) in [7, 11) is 0. The number of likely N-dealkylation sites (tertiary alicyclic amines) is 1. The molecule has 0 radical (unpaired) electrons. The van der Waals surface area contributed by atoms with E-state index in [1.54, 1.807) is 4.90 Å². The summed E-state index contributed by atoms with van der Waals surface area (Å²) in [5.41, 5.74) is 0.432. The predicted molar refractivity (Wildman–Crippen MR) is 92.1 cm³/mol. The van der Waals surface area contributed by atoms with Crippen molar-refractivity contribution in [3.05, 3.63) is 35.4 Å². The van der Waals surface area contributed by atoms with Crippen LogP contribution in [0.15, 0.2) is 18.2 Å². The molecule has 0 aliphatic carbocycles. The molecule has 1 aromatic rings. The van der Waals surface area contributed by atoms with E-state index in [1.807, 2.05) is 11.8 Å². The smallest absolute Gasteiger partial charge is 0.317 e. The minimum atomic E-state index is -0.625. The van der Waals surface area contributed by atoms with Crippen molar-refractivity contribution < 1.29 is 13.6 Å². The molecule has 2 aliphatic heterocycles. The molecule has 0 aromatic heterocycles. The molecular weight excluding hydrogens is 332 g/mol. The maximum absolute atomic E-state index is 13.2. The van der Waals surface area contributed by atoms with Crippen molar-refractivity contribution in [1.82, 2.24) is 15.1 Å². The molecule has 3 rings (SSSR count). The molecule has 132 valence electrons. The first kappa shape index (κ1) is 17.5. The monoisotopic (exact) mass is 355 g/mol. The van der Waals surface area contributed by atoms with E-state index >= 15 is 0 Å². The molecule has 2 aliphatic rings. The number of carbonyl (C=O) groups is 1. The quantitative estimate of drug-likeness (QED) is 0.906. The van der Waals surface area contributed by atoms with Crippen LogP contribution in [0.1, 0.15) is 18.4 Å². The minimum absolute atomic E-state index is 0.136. The summed E-state index contributed by atoms with van der Waals surface area (Å²) < 4.78 is 26.3. The van der Waals surface area contributed by atoms with Crippen LogP contribution in [0.25, 0.3) is 0 Å². The molecule has 0 atom stereocenters. The lowest BCUT2D eigenvalue weighted by Crippen LogP contribution is -2.51. The van der Waals surface area contributed by atoms with Crippen LogP contribution < -0.4 is 5.32 Å². The average Bonchev–Trinajstić information content (AvgIpc) is 2.60.